The maximum atomic E-state index is 11.7. The molecule has 100 valence electrons. The molecule has 6 heteroatoms. The number of ether oxygens (including phenoxy) is 1. The highest BCUT2D eigenvalue weighted by molar-refractivity contribution is 5.77. The average molecular weight is 253 g/mol. The zero-order valence-corrected chi connectivity index (χ0v) is 11.4. The van der Waals surface area contributed by atoms with Crippen LogP contribution in [-0.4, -0.2) is 27.8 Å². The highest BCUT2D eigenvalue weighted by Crippen LogP contribution is 2.18. The molecule has 0 saturated heterocycles. The molecule has 1 amide bonds. The lowest BCUT2D eigenvalue weighted by atomic mass is 10.0. The van der Waals surface area contributed by atoms with Gasteiger partial charge in [0.15, 0.2) is 6.29 Å². The van der Waals surface area contributed by atoms with Crippen LogP contribution in [0.15, 0.2) is 12.3 Å². The van der Waals surface area contributed by atoms with Gasteiger partial charge >= 0.3 is 6.09 Å². The lowest BCUT2D eigenvalue weighted by Gasteiger charge is -2.27. The normalized spacial score (nSPS) is 14.7. The van der Waals surface area contributed by atoms with E-state index in [0.29, 0.717) is 12.0 Å². The van der Waals surface area contributed by atoms with Gasteiger partial charge in [0.1, 0.15) is 11.1 Å². The Labute approximate surface area is 106 Å². The van der Waals surface area contributed by atoms with Gasteiger partial charge in [-0.15, -0.1) is 0 Å². The molecule has 0 aliphatic rings. The minimum absolute atomic E-state index is 0.586. The number of nitrogens with zero attached hydrogens (tertiary/aromatic N) is 2. The van der Waals surface area contributed by atoms with Crippen molar-refractivity contribution in [3.8, 4) is 0 Å². The van der Waals surface area contributed by atoms with Gasteiger partial charge in [0.25, 0.3) is 0 Å². The van der Waals surface area contributed by atoms with Crippen molar-refractivity contribution in [3.63, 3.8) is 0 Å². The van der Waals surface area contributed by atoms with Crippen LogP contribution in [0.5, 0.6) is 0 Å². The summed E-state index contributed by atoms with van der Waals surface area (Å²) in [4.78, 5) is 23.0. The average Bonchev–Trinajstić information content (AvgIpc) is 2.61. The van der Waals surface area contributed by atoms with Gasteiger partial charge in [0, 0.05) is 13.2 Å². The van der Waals surface area contributed by atoms with Crippen molar-refractivity contribution in [2.45, 2.75) is 38.8 Å². The molecule has 1 rings (SSSR count). The van der Waals surface area contributed by atoms with Gasteiger partial charge in [-0.05, 0) is 33.8 Å². The van der Waals surface area contributed by atoms with Crippen LogP contribution in [0.1, 0.15) is 33.4 Å². The van der Waals surface area contributed by atoms with Crippen LogP contribution in [-0.2, 0) is 22.1 Å². The van der Waals surface area contributed by atoms with Gasteiger partial charge in [-0.2, -0.15) is 5.10 Å². The molecule has 1 aromatic rings. The van der Waals surface area contributed by atoms with Crippen LogP contribution in [0.4, 0.5) is 4.79 Å². The predicted octanol–water partition coefficient (Wildman–Crippen LogP) is 1.36. The van der Waals surface area contributed by atoms with Crippen LogP contribution in [0.2, 0.25) is 0 Å². The first kappa shape index (κ1) is 14.2. The number of rotatable bonds is 3. The van der Waals surface area contributed by atoms with Crippen LogP contribution in [0.3, 0.4) is 0 Å². The van der Waals surface area contributed by atoms with Crippen LogP contribution >= 0.6 is 0 Å². The second kappa shape index (κ2) is 4.80. The fourth-order valence-corrected chi connectivity index (χ4v) is 1.55. The first-order valence-corrected chi connectivity index (χ1v) is 5.64. The van der Waals surface area contributed by atoms with Crippen LogP contribution < -0.4 is 5.32 Å². The van der Waals surface area contributed by atoms with Crippen LogP contribution in [0, 0.1) is 0 Å². The number of carbonyl (C=O) groups is 2. The van der Waals surface area contributed by atoms with E-state index in [4.69, 9.17) is 4.74 Å². The largest absolute Gasteiger partial charge is 0.444 e. The van der Waals surface area contributed by atoms with E-state index in [-0.39, 0.29) is 0 Å². The third kappa shape index (κ3) is 3.32. The molecule has 0 radical (unpaired) electrons. The minimum Gasteiger partial charge on any atom is -0.444 e. The summed E-state index contributed by atoms with van der Waals surface area (Å²) in [6.45, 7) is 6.87. The number of aryl methyl sites for hydroxylation is 1. The quantitative estimate of drug-likeness (QED) is 0.825. The Morgan fingerprint density at radius 2 is 2.06 bits per heavy atom. The molecule has 1 unspecified atom stereocenters. The van der Waals surface area contributed by atoms with E-state index >= 15 is 0 Å². The summed E-state index contributed by atoms with van der Waals surface area (Å²) in [5, 5.41) is 6.53. The number of alkyl carbamates (subject to hydrolysis) is 1. The number of nitrogens with one attached hydrogen (secondary N) is 1. The molecule has 0 aliphatic carbocycles. The predicted molar refractivity (Wildman–Crippen MR) is 66.0 cm³/mol. The number of hydrogen-bond donors (Lipinski definition) is 1. The van der Waals surface area contributed by atoms with E-state index < -0.39 is 17.2 Å². The van der Waals surface area contributed by atoms with Crippen molar-refractivity contribution in [2.24, 2.45) is 7.05 Å². The molecule has 0 aliphatic heterocycles. The van der Waals surface area contributed by atoms with Gasteiger partial charge < -0.3 is 14.8 Å². The molecule has 0 saturated carbocycles. The first-order valence-electron chi connectivity index (χ1n) is 5.64. The van der Waals surface area contributed by atoms with Crippen molar-refractivity contribution in [2.75, 3.05) is 0 Å². The van der Waals surface area contributed by atoms with Crippen molar-refractivity contribution in [1.29, 1.82) is 0 Å². The molecule has 1 N–H and O–H groups in total. The molecule has 1 heterocycles. The summed E-state index contributed by atoms with van der Waals surface area (Å²) in [6.07, 6.45) is 1.58. The van der Waals surface area contributed by atoms with Crippen LogP contribution in [0.25, 0.3) is 0 Å². The number of carbonyl (C=O) groups excluding carboxylic acids is 2. The lowest BCUT2D eigenvalue weighted by Crippen LogP contribution is -2.47. The Morgan fingerprint density at radius 1 is 1.44 bits per heavy atom. The summed E-state index contributed by atoms with van der Waals surface area (Å²) < 4.78 is 6.67. The van der Waals surface area contributed by atoms with Gasteiger partial charge in [0.2, 0.25) is 0 Å². The van der Waals surface area contributed by atoms with E-state index in [0.717, 1.165) is 0 Å². The Bertz CT molecular complexity index is 448. The third-order valence-corrected chi connectivity index (χ3v) is 2.35. The van der Waals surface area contributed by atoms with Gasteiger partial charge in [-0.25, -0.2) is 4.79 Å². The summed E-state index contributed by atoms with van der Waals surface area (Å²) in [5.41, 5.74) is -1.18. The molecule has 0 spiro atoms. The summed E-state index contributed by atoms with van der Waals surface area (Å²) in [7, 11) is 1.70. The highest BCUT2D eigenvalue weighted by atomic mass is 16.6. The molecule has 18 heavy (non-hydrogen) atoms. The number of amides is 1. The maximum Gasteiger partial charge on any atom is 0.408 e. The van der Waals surface area contributed by atoms with E-state index in [9.17, 15) is 9.59 Å². The van der Waals surface area contributed by atoms with E-state index in [1.807, 2.05) is 0 Å². The fourth-order valence-electron chi connectivity index (χ4n) is 1.55. The molecule has 1 atom stereocenters. The monoisotopic (exact) mass is 253 g/mol. The van der Waals surface area contributed by atoms with Crippen molar-refractivity contribution < 1.29 is 14.3 Å². The standard InChI is InChI=1S/C12H19N3O3/c1-11(2,3)18-10(17)14-12(4,8-16)9-6-7-13-15(9)5/h6-8H,1-5H3,(H,14,17). The van der Waals surface area contributed by atoms with E-state index in [1.54, 1.807) is 47.0 Å². The first-order chi connectivity index (χ1) is 8.18. The van der Waals surface area contributed by atoms with Gasteiger partial charge in [-0.3, -0.25) is 4.68 Å². The Kier molecular flexibility index (Phi) is 3.79. The Morgan fingerprint density at radius 3 is 2.44 bits per heavy atom. The minimum atomic E-state index is -1.16. The Balaban J connectivity index is 2.88. The van der Waals surface area contributed by atoms with E-state index in [1.165, 1.54) is 4.68 Å². The molecule has 0 aromatic carbocycles. The zero-order valence-electron chi connectivity index (χ0n) is 11.4. The fraction of sp³-hybridized carbons (Fsp3) is 0.583. The summed E-state index contributed by atoms with van der Waals surface area (Å²) in [5.74, 6) is 0. The third-order valence-electron chi connectivity index (χ3n) is 2.35. The number of hydrogen-bond acceptors (Lipinski definition) is 4. The summed E-state index contributed by atoms with van der Waals surface area (Å²) >= 11 is 0. The maximum absolute atomic E-state index is 11.7. The molecule has 0 fully saturated rings. The molecule has 1 aromatic heterocycles. The molecule has 0 bridgehead atoms. The highest BCUT2D eigenvalue weighted by Gasteiger charge is 2.32. The topological polar surface area (TPSA) is 73.2 Å². The molecule has 6 nitrogen and oxygen atoms in total. The summed E-state index contributed by atoms with van der Waals surface area (Å²) in [6, 6.07) is 1.67. The second-order valence-corrected chi connectivity index (χ2v) is 5.29. The van der Waals surface area contributed by atoms with Gasteiger partial charge in [0.05, 0.1) is 5.69 Å². The second-order valence-electron chi connectivity index (χ2n) is 5.29. The lowest BCUT2D eigenvalue weighted by molar-refractivity contribution is -0.113. The smallest absolute Gasteiger partial charge is 0.408 e. The molecular weight excluding hydrogens is 234 g/mol. The molecular formula is C12H19N3O3. The van der Waals surface area contributed by atoms with Crippen molar-refractivity contribution in [3.05, 3.63) is 18.0 Å². The van der Waals surface area contributed by atoms with E-state index in [2.05, 4.69) is 10.4 Å². The van der Waals surface area contributed by atoms with Crippen molar-refractivity contribution in [1.82, 2.24) is 15.1 Å². The zero-order chi connectivity index (χ0) is 14.0. The SMILES string of the molecule is Cn1nccc1C(C)(C=O)NC(=O)OC(C)(C)C. The Hall–Kier alpha value is -1.85. The van der Waals surface area contributed by atoms with Gasteiger partial charge in [-0.1, -0.05) is 0 Å². The van der Waals surface area contributed by atoms with Crippen molar-refractivity contribution >= 4 is 12.4 Å². The number of aromatic nitrogens is 2. The number of aldehydes is 1.